The van der Waals surface area contributed by atoms with Gasteiger partial charge >= 0.3 is 0 Å². The molecule has 4 rings (SSSR count). The van der Waals surface area contributed by atoms with Gasteiger partial charge < -0.3 is 9.84 Å². The van der Waals surface area contributed by atoms with Gasteiger partial charge in [-0.25, -0.2) is 0 Å². The third-order valence-corrected chi connectivity index (χ3v) is 5.00. The van der Waals surface area contributed by atoms with Crippen molar-refractivity contribution in [2.45, 2.75) is 19.3 Å². The van der Waals surface area contributed by atoms with Crippen molar-refractivity contribution in [1.29, 1.82) is 0 Å². The Balaban J connectivity index is 1.34. The van der Waals surface area contributed by atoms with Crippen molar-refractivity contribution < 1.29 is 4.52 Å². The maximum absolute atomic E-state index is 5.42. The Kier molecular flexibility index (Phi) is 5.20. The topological polar surface area (TPSA) is 76.7 Å². The molecule has 2 aromatic carbocycles. The van der Waals surface area contributed by atoms with E-state index in [-0.39, 0.29) is 5.92 Å². The molecule has 0 bridgehead atoms. The molecule has 27 heavy (non-hydrogen) atoms. The molecule has 0 aliphatic carbocycles. The van der Waals surface area contributed by atoms with E-state index in [4.69, 9.17) is 4.52 Å². The van der Waals surface area contributed by atoms with Gasteiger partial charge in [-0.3, -0.25) is 0 Å². The molecule has 1 atom stereocenters. The quantitative estimate of drug-likeness (QED) is 0.514. The van der Waals surface area contributed by atoms with Crippen LogP contribution in [0.25, 0.3) is 11.4 Å². The second kappa shape index (κ2) is 8.09. The van der Waals surface area contributed by atoms with Crippen LogP contribution in [0.4, 0.5) is 5.13 Å². The highest BCUT2D eigenvalue weighted by molar-refractivity contribution is 7.15. The molecule has 2 heterocycles. The first-order chi connectivity index (χ1) is 13.3. The van der Waals surface area contributed by atoms with E-state index in [2.05, 4.69) is 37.8 Å². The maximum atomic E-state index is 5.42. The van der Waals surface area contributed by atoms with Gasteiger partial charge in [0.15, 0.2) is 0 Å². The largest absolute Gasteiger partial charge is 0.359 e. The third kappa shape index (κ3) is 4.38. The fraction of sp³-hybridized carbons (Fsp3) is 0.200. The standard InChI is InChI=1S/C20H19N5OS/c1-14(19-22-18(25-26-19)16-10-6-3-7-11-16)13-21-20-24-23-17(27-20)12-15-8-4-2-5-9-15/h2-11,14H,12-13H2,1H3,(H,21,24). The molecule has 1 unspecified atom stereocenters. The number of benzene rings is 2. The van der Waals surface area contributed by atoms with E-state index in [1.165, 1.54) is 5.56 Å². The van der Waals surface area contributed by atoms with Crippen LogP contribution in [0.5, 0.6) is 0 Å². The van der Waals surface area contributed by atoms with Gasteiger partial charge in [0, 0.05) is 18.5 Å². The Hall–Kier alpha value is -3.06. The van der Waals surface area contributed by atoms with E-state index >= 15 is 0 Å². The van der Waals surface area contributed by atoms with E-state index in [1.807, 2.05) is 55.5 Å². The van der Waals surface area contributed by atoms with Crippen LogP contribution in [0.3, 0.4) is 0 Å². The predicted octanol–water partition coefficient (Wildman–Crippen LogP) is 4.39. The molecule has 0 spiro atoms. The number of hydrogen-bond donors (Lipinski definition) is 1. The van der Waals surface area contributed by atoms with Crippen molar-refractivity contribution in [3.8, 4) is 11.4 Å². The number of nitrogens with zero attached hydrogens (tertiary/aromatic N) is 4. The zero-order chi connectivity index (χ0) is 18.5. The molecule has 0 saturated carbocycles. The van der Waals surface area contributed by atoms with Crippen LogP contribution in [0.1, 0.15) is 29.3 Å². The maximum Gasteiger partial charge on any atom is 0.231 e. The number of anilines is 1. The van der Waals surface area contributed by atoms with Crippen LogP contribution in [-0.2, 0) is 6.42 Å². The highest BCUT2D eigenvalue weighted by Crippen LogP contribution is 2.22. The van der Waals surface area contributed by atoms with E-state index in [0.717, 1.165) is 22.1 Å². The zero-order valence-corrected chi connectivity index (χ0v) is 15.7. The fourth-order valence-corrected chi connectivity index (χ4v) is 3.42. The van der Waals surface area contributed by atoms with Crippen LogP contribution < -0.4 is 5.32 Å². The number of rotatable bonds is 7. The van der Waals surface area contributed by atoms with Crippen LogP contribution >= 0.6 is 11.3 Å². The summed E-state index contributed by atoms with van der Waals surface area (Å²) in [7, 11) is 0. The van der Waals surface area contributed by atoms with Crippen molar-refractivity contribution in [2.24, 2.45) is 0 Å². The van der Waals surface area contributed by atoms with Crippen LogP contribution in [0, 0.1) is 0 Å². The first kappa shape index (κ1) is 17.4. The summed E-state index contributed by atoms with van der Waals surface area (Å²) in [6.07, 6.45) is 0.792. The van der Waals surface area contributed by atoms with Gasteiger partial charge in [0.05, 0.1) is 5.92 Å². The lowest BCUT2D eigenvalue weighted by Crippen LogP contribution is -2.10. The summed E-state index contributed by atoms with van der Waals surface area (Å²) in [5.41, 5.74) is 2.18. The van der Waals surface area contributed by atoms with E-state index in [9.17, 15) is 0 Å². The molecular weight excluding hydrogens is 358 g/mol. The lowest BCUT2D eigenvalue weighted by Gasteiger charge is -2.06. The number of aromatic nitrogens is 4. The van der Waals surface area contributed by atoms with E-state index < -0.39 is 0 Å². The minimum atomic E-state index is 0.0661. The van der Waals surface area contributed by atoms with Crippen molar-refractivity contribution >= 4 is 16.5 Å². The lowest BCUT2D eigenvalue weighted by molar-refractivity contribution is 0.363. The van der Waals surface area contributed by atoms with Crippen molar-refractivity contribution in [3.63, 3.8) is 0 Å². The SMILES string of the molecule is CC(CNc1nnc(Cc2ccccc2)s1)c1nc(-c2ccccc2)no1. The predicted molar refractivity (Wildman–Crippen MR) is 106 cm³/mol. The number of hydrogen-bond acceptors (Lipinski definition) is 7. The second-order valence-electron chi connectivity index (χ2n) is 6.27. The highest BCUT2D eigenvalue weighted by atomic mass is 32.1. The van der Waals surface area contributed by atoms with Crippen molar-refractivity contribution in [3.05, 3.63) is 77.1 Å². The molecule has 1 N–H and O–H groups in total. The average Bonchev–Trinajstić information content (AvgIpc) is 3.37. The van der Waals surface area contributed by atoms with E-state index in [1.54, 1.807) is 11.3 Å². The van der Waals surface area contributed by atoms with Crippen molar-refractivity contribution in [1.82, 2.24) is 20.3 Å². The second-order valence-corrected chi connectivity index (χ2v) is 7.33. The first-order valence-electron chi connectivity index (χ1n) is 8.77. The molecule has 6 nitrogen and oxygen atoms in total. The van der Waals surface area contributed by atoms with Gasteiger partial charge in [-0.15, -0.1) is 10.2 Å². The summed E-state index contributed by atoms with van der Waals surface area (Å²) < 4.78 is 5.42. The molecule has 7 heteroatoms. The first-order valence-corrected chi connectivity index (χ1v) is 9.59. The van der Waals surface area contributed by atoms with Gasteiger partial charge in [-0.05, 0) is 5.56 Å². The summed E-state index contributed by atoms with van der Waals surface area (Å²) in [4.78, 5) is 4.50. The summed E-state index contributed by atoms with van der Waals surface area (Å²) >= 11 is 1.57. The Morgan fingerprint density at radius 1 is 1.00 bits per heavy atom. The normalized spacial score (nSPS) is 12.0. The summed E-state index contributed by atoms with van der Waals surface area (Å²) in [5.74, 6) is 1.28. The summed E-state index contributed by atoms with van der Waals surface area (Å²) in [6.45, 7) is 2.69. The Morgan fingerprint density at radius 3 is 2.52 bits per heavy atom. The monoisotopic (exact) mass is 377 g/mol. The molecular formula is C20H19N5OS. The zero-order valence-electron chi connectivity index (χ0n) is 14.9. The average molecular weight is 377 g/mol. The Morgan fingerprint density at radius 2 is 1.74 bits per heavy atom. The molecule has 0 saturated heterocycles. The summed E-state index contributed by atoms with van der Waals surface area (Å²) in [6, 6.07) is 20.1. The molecule has 0 amide bonds. The van der Waals surface area contributed by atoms with Gasteiger partial charge in [0.25, 0.3) is 0 Å². The number of nitrogens with one attached hydrogen (secondary N) is 1. The van der Waals surface area contributed by atoms with Gasteiger partial charge in [-0.2, -0.15) is 4.98 Å². The minimum absolute atomic E-state index is 0.0661. The molecule has 4 aromatic rings. The lowest BCUT2D eigenvalue weighted by atomic mass is 10.2. The van der Waals surface area contributed by atoms with Crippen LogP contribution in [-0.4, -0.2) is 26.9 Å². The molecule has 136 valence electrons. The molecule has 0 aliphatic heterocycles. The Bertz CT molecular complexity index is 984. The molecule has 0 radical (unpaired) electrons. The van der Waals surface area contributed by atoms with Crippen molar-refractivity contribution in [2.75, 3.05) is 11.9 Å². The fourth-order valence-electron chi connectivity index (χ4n) is 2.63. The highest BCUT2D eigenvalue weighted by Gasteiger charge is 2.16. The molecule has 0 fully saturated rings. The molecule has 2 aromatic heterocycles. The smallest absolute Gasteiger partial charge is 0.231 e. The van der Waals surface area contributed by atoms with E-state index in [0.29, 0.717) is 18.3 Å². The van der Waals surface area contributed by atoms with Gasteiger partial charge in [0.1, 0.15) is 5.01 Å². The Labute approximate surface area is 161 Å². The van der Waals surface area contributed by atoms with Crippen LogP contribution in [0.2, 0.25) is 0 Å². The summed E-state index contributed by atoms with van der Waals surface area (Å²) in [5, 5.41) is 17.7. The van der Waals surface area contributed by atoms with Gasteiger partial charge in [0.2, 0.25) is 16.8 Å². The van der Waals surface area contributed by atoms with Crippen LogP contribution in [0.15, 0.2) is 65.2 Å². The molecule has 0 aliphatic rings. The minimum Gasteiger partial charge on any atom is -0.359 e. The third-order valence-electron chi connectivity index (χ3n) is 4.12. The van der Waals surface area contributed by atoms with Gasteiger partial charge in [-0.1, -0.05) is 84.1 Å².